The van der Waals surface area contributed by atoms with E-state index in [1.165, 1.54) is 0 Å². The Kier molecular flexibility index (Phi) is 4.10. The summed E-state index contributed by atoms with van der Waals surface area (Å²) in [5.74, 6) is 0.809. The third-order valence-electron chi connectivity index (χ3n) is 3.74. The van der Waals surface area contributed by atoms with E-state index in [4.69, 9.17) is 0 Å². The Morgan fingerprint density at radius 2 is 2.04 bits per heavy atom. The van der Waals surface area contributed by atoms with Crippen LogP contribution in [0, 0.1) is 20.8 Å². The molecule has 1 amide bonds. The molecule has 0 aliphatic carbocycles. The second-order valence-corrected chi connectivity index (χ2v) is 5.85. The van der Waals surface area contributed by atoms with Gasteiger partial charge in [0, 0.05) is 35.9 Å². The van der Waals surface area contributed by atoms with Gasteiger partial charge in [-0.1, -0.05) is 11.6 Å². The summed E-state index contributed by atoms with van der Waals surface area (Å²) >= 11 is 0. The molecule has 118 valence electrons. The van der Waals surface area contributed by atoms with Crippen molar-refractivity contribution in [1.82, 2.24) is 20.3 Å². The summed E-state index contributed by atoms with van der Waals surface area (Å²) in [7, 11) is 0. The highest BCUT2D eigenvalue weighted by Crippen LogP contribution is 2.20. The van der Waals surface area contributed by atoms with Gasteiger partial charge in [0.05, 0.1) is 11.1 Å². The second kappa shape index (κ2) is 6.20. The zero-order chi connectivity index (χ0) is 16.4. The average molecular weight is 308 g/mol. The SMILES string of the molecule is Cc1ccc2nc(C)cc(C(=O)NCCc3ncc(C)[nH]3)c2c1. The van der Waals surface area contributed by atoms with Gasteiger partial charge < -0.3 is 10.3 Å². The lowest BCUT2D eigenvalue weighted by atomic mass is 10.0. The van der Waals surface area contributed by atoms with E-state index in [1.807, 2.05) is 45.0 Å². The van der Waals surface area contributed by atoms with Crippen LogP contribution < -0.4 is 5.32 Å². The third-order valence-corrected chi connectivity index (χ3v) is 3.74. The van der Waals surface area contributed by atoms with Gasteiger partial charge in [-0.2, -0.15) is 0 Å². The molecule has 2 heterocycles. The number of benzene rings is 1. The quantitative estimate of drug-likeness (QED) is 0.778. The van der Waals surface area contributed by atoms with Crippen LogP contribution in [-0.4, -0.2) is 27.4 Å². The fourth-order valence-corrected chi connectivity index (χ4v) is 2.64. The van der Waals surface area contributed by atoms with Crippen LogP contribution in [0.4, 0.5) is 0 Å². The van der Waals surface area contributed by atoms with Gasteiger partial charge in [-0.15, -0.1) is 0 Å². The maximum atomic E-state index is 12.5. The monoisotopic (exact) mass is 308 g/mol. The molecule has 0 unspecified atom stereocenters. The molecule has 1 aromatic carbocycles. The van der Waals surface area contributed by atoms with E-state index >= 15 is 0 Å². The highest BCUT2D eigenvalue weighted by atomic mass is 16.1. The van der Waals surface area contributed by atoms with E-state index in [0.29, 0.717) is 18.5 Å². The molecular formula is C18H20N4O. The number of fused-ring (bicyclic) bond motifs is 1. The second-order valence-electron chi connectivity index (χ2n) is 5.85. The Morgan fingerprint density at radius 1 is 1.22 bits per heavy atom. The zero-order valence-corrected chi connectivity index (χ0v) is 13.6. The van der Waals surface area contributed by atoms with Gasteiger partial charge in [-0.3, -0.25) is 9.78 Å². The lowest BCUT2D eigenvalue weighted by molar-refractivity contribution is 0.0955. The predicted octanol–water partition coefficient (Wildman–Crippen LogP) is 2.86. The molecule has 0 fully saturated rings. The van der Waals surface area contributed by atoms with E-state index in [1.54, 1.807) is 6.20 Å². The van der Waals surface area contributed by atoms with Crippen molar-refractivity contribution in [2.45, 2.75) is 27.2 Å². The lowest BCUT2D eigenvalue weighted by Crippen LogP contribution is -2.26. The number of nitrogens with one attached hydrogen (secondary N) is 2. The van der Waals surface area contributed by atoms with E-state index in [-0.39, 0.29) is 5.91 Å². The molecule has 0 saturated carbocycles. The summed E-state index contributed by atoms with van der Waals surface area (Å²) in [4.78, 5) is 24.5. The average Bonchev–Trinajstić information content (AvgIpc) is 2.92. The van der Waals surface area contributed by atoms with Crippen molar-refractivity contribution in [3.63, 3.8) is 0 Å². The van der Waals surface area contributed by atoms with Crippen molar-refractivity contribution in [1.29, 1.82) is 0 Å². The van der Waals surface area contributed by atoms with E-state index < -0.39 is 0 Å². The molecule has 5 heteroatoms. The molecule has 23 heavy (non-hydrogen) atoms. The van der Waals surface area contributed by atoms with Gasteiger partial charge in [0.2, 0.25) is 0 Å². The number of rotatable bonds is 4. The molecule has 0 aliphatic rings. The number of nitrogens with zero attached hydrogens (tertiary/aromatic N) is 2. The molecule has 0 bridgehead atoms. The molecule has 0 spiro atoms. The van der Waals surface area contributed by atoms with Gasteiger partial charge in [0.15, 0.2) is 0 Å². The summed E-state index contributed by atoms with van der Waals surface area (Å²) in [5.41, 5.74) is 4.50. The molecule has 3 rings (SSSR count). The van der Waals surface area contributed by atoms with E-state index in [9.17, 15) is 4.79 Å². The van der Waals surface area contributed by atoms with Gasteiger partial charge in [-0.25, -0.2) is 4.98 Å². The standard InChI is InChI=1S/C18H20N4O/c1-11-4-5-16-14(8-11)15(9-12(2)21-16)18(23)19-7-6-17-20-10-13(3)22-17/h4-5,8-10H,6-7H2,1-3H3,(H,19,23)(H,20,22). The number of amides is 1. The van der Waals surface area contributed by atoms with Crippen molar-refractivity contribution >= 4 is 16.8 Å². The van der Waals surface area contributed by atoms with Crippen LogP contribution in [0.15, 0.2) is 30.5 Å². The molecule has 0 aliphatic heterocycles. The highest BCUT2D eigenvalue weighted by molar-refractivity contribution is 6.06. The number of aromatic nitrogens is 3. The van der Waals surface area contributed by atoms with Crippen molar-refractivity contribution in [3.8, 4) is 0 Å². The Hall–Kier alpha value is -2.69. The smallest absolute Gasteiger partial charge is 0.252 e. The fourth-order valence-electron chi connectivity index (χ4n) is 2.64. The number of aromatic amines is 1. The lowest BCUT2D eigenvalue weighted by Gasteiger charge is -2.09. The summed E-state index contributed by atoms with van der Waals surface area (Å²) in [6.07, 6.45) is 2.47. The maximum absolute atomic E-state index is 12.5. The minimum absolute atomic E-state index is 0.0746. The van der Waals surface area contributed by atoms with Crippen LogP contribution in [0.1, 0.15) is 33.1 Å². The molecule has 0 atom stereocenters. The zero-order valence-electron chi connectivity index (χ0n) is 13.6. The molecule has 2 N–H and O–H groups in total. The van der Waals surface area contributed by atoms with Crippen LogP contribution in [0.25, 0.3) is 10.9 Å². The van der Waals surface area contributed by atoms with Crippen LogP contribution in [0.3, 0.4) is 0 Å². The fraction of sp³-hybridized carbons (Fsp3) is 0.278. The molecule has 5 nitrogen and oxygen atoms in total. The predicted molar refractivity (Wildman–Crippen MR) is 90.6 cm³/mol. The number of hydrogen-bond acceptors (Lipinski definition) is 3. The first-order valence-corrected chi connectivity index (χ1v) is 7.69. The molecule has 2 aromatic heterocycles. The van der Waals surface area contributed by atoms with E-state index in [2.05, 4.69) is 20.3 Å². The first kappa shape index (κ1) is 15.2. The number of aryl methyl sites for hydroxylation is 3. The number of carbonyl (C=O) groups excluding carboxylic acids is 1. The Morgan fingerprint density at radius 3 is 2.78 bits per heavy atom. The van der Waals surface area contributed by atoms with Crippen molar-refractivity contribution in [3.05, 3.63) is 58.8 Å². The summed E-state index contributed by atoms with van der Waals surface area (Å²) in [6, 6.07) is 7.82. The van der Waals surface area contributed by atoms with Crippen molar-refractivity contribution < 1.29 is 4.79 Å². The summed E-state index contributed by atoms with van der Waals surface area (Å²) < 4.78 is 0. The first-order valence-electron chi connectivity index (χ1n) is 7.69. The molecule has 3 aromatic rings. The number of hydrogen-bond donors (Lipinski definition) is 2. The molecular weight excluding hydrogens is 288 g/mol. The molecule has 0 saturated heterocycles. The number of imidazole rings is 1. The van der Waals surface area contributed by atoms with Crippen molar-refractivity contribution in [2.75, 3.05) is 6.54 Å². The topological polar surface area (TPSA) is 70.7 Å². The Bertz CT molecular complexity index is 867. The van der Waals surface area contributed by atoms with Crippen LogP contribution >= 0.6 is 0 Å². The molecule has 0 radical (unpaired) electrons. The maximum Gasteiger partial charge on any atom is 0.252 e. The normalized spacial score (nSPS) is 10.9. The van der Waals surface area contributed by atoms with Crippen molar-refractivity contribution in [2.24, 2.45) is 0 Å². The summed E-state index contributed by atoms with van der Waals surface area (Å²) in [6.45, 7) is 6.42. The number of carbonyl (C=O) groups is 1. The largest absolute Gasteiger partial charge is 0.352 e. The Labute approximate surface area is 135 Å². The van der Waals surface area contributed by atoms with Crippen LogP contribution in [-0.2, 0) is 6.42 Å². The summed E-state index contributed by atoms with van der Waals surface area (Å²) in [5, 5.41) is 3.86. The third kappa shape index (κ3) is 3.39. The first-order chi connectivity index (χ1) is 11.0. The number of H-pyrrole nitrogens is 1. The van der Waals surface area contributed by atoms with Gasteiger partial charge >= 0.3 is 0 Å². The minimum atomic E-state index is -0.0746. The van der Waals surface area contributed by atoms with Crippen LogP contribution in [0.2, 0.25) is 0 Å². The van der Waals surface area contributed by atoms with Crippen LogP contribution in [0.5, 0.6) is 0 Å². The number of pyridine rings is 1. The minimum Gasteiger partial charge on any atom is -0.352 e. The van der Waals surface area contributed by atoms with Gasteiger partial charge in [0.25, 0.3) is 5.91 Å². The Balaban J connectivity index is 1.78. The van der Waals surface area contributed by atoms with Gasteiger partial charge in [0.1, 0.15) is 5.82 Å². The van der Waals surface area contributed by atoms with Gasteiger partial charge in [-0.05, 0) is 39.0 Å². The van der Waals surface area contributed by atoms with E-state index in [0.717, 1.165) is 33.7 Å². The highest BCUT2D eigenvalue weighted by Gasteiger charge is 2.12.